The lowest BCUT2D eigenvalue weighted by molar-refractivity contribution is 0.0949. The lowest BCUT2D eigenvalue weighted by Gasteiger charge is -2.10. The SMILES string of the molecule is Cc1ccc(Nc2cnc(C(=O)NCCc3ccc(F)cc3)cn2)c(C)c1. The molecule has 0 aliphatic heterocycles. The van der Waals surface area contributed by atoms with Crippen molar-refractivity contribution in [1.82, 2.24) is 15.3 Å². The molecule has 0 atom stereocenters. The normalized spacial score (nSPS) is 10.5. The molecule has 0 aliphatic rings. The fraction of sp³-hybridized carbons (Fsp3) is 0.190. The molecule has 3 rings (SSSR count). The van der Waals surface area contributed by atoms with Gasteiger partial charge >= 0.3 is 0 Å². The summed E-state index contributed by atoms with van der Waals surface area (Å²) < 4.78 is 12.9. The van der Waals surface area contributed by atoms with E-state index in [2.05, 4.69) is 26.7 Å². The van der Waals surface area contributed by atoms with Gasteiger partial charge in [-0.25, -0.2) is 14.4 Å². The summed E-state index contributed by atoms with van der Waals surface area (Å²) in [5.41, 5.74) is 4.46. The van der Waals surface area contributed by atoms with Gasteiger partial charge in [0, 0.05) is 12.2 Å². The molecule has 0 radical (unpaired) electrons. The standard InChI is InChI=1S/C21H21FN4O/c1-14-3-8-18(15(2)11-14)26-20-13-24-19(12-25-20)21(27)23-10-9-16-4-6-17(22)7-5-16/h3-8,11-13H,9-10H2,1-2H3,(H,23,27)(H,25,26). The van der Waals surface area contributed by atoms with Gasteiger partial charge in [0.15, 0.2) is 0 Å². The molecule has 1 aromatic heterocycles. The Balaban J connectivity index is 1.54. The van der Waals surface area contributed by atoms with Crippen molar-refractivity contribution in [2.24, 2.45) is 0 Å². The van der Waals surface area contributed by atoms with Gasteiger partial charge in [0.25, 0.3) is 5.91 Å². The molecule has 5 nitrogen and oxygen atoms in total. The molecule has 0 bridgehead atoms. The van der Waals surface area contributed by atoms with Crippen LogP contribution in [0, 0.1) is 19.7 Å². The number of nitrogens with zero attached hydrogens (tertiary/aromatic N) is 2. The van der Waals surface area contributed by atoms with E-state index in [9.17, 15) is 9.18 Å². The van der Waals surface area contributed by atoms with E-state index >= 15 is 0 Å². The zero-order valence-corrected chi connectivity index (χ0v) is 15.3. The number of rotatable bonds is 6. The molecule has 0 unspecified atom stereocenters. The summed E-state index contributed by atoms with van der Waals surface area (Å²) >= 11 is 0. The largest absolute Gasteiger partial charge is 0.350 e. The highest BCUT2D eigenvalue weighted by Gasteiger charge is 2.08. The highest BCUT2D eigenvalue weighted by atomic mass is 19.1. The molecule has 3 aromatic rings. The molecule has 2 aromatic carbocycles. The first-order valence-electron chi connectivity index (χ1n) is 8.70. The van der Waals surface area contributed by atoms with Crippen molar-refractivity contribution in [2.45, 2.75) is 20.3 Å². The number of carbonyl (C=O) groups excluding carboxylic acids is 1. The Bertz CT molecular complexity index is 924. The quantitative estimate of drug-likeness (QED) is 0.695. The molecule has 1 heterocycles. The second-order valence-electron chi connectivity index (χ2n) is 6.36. The number of amides is 1. The Morgan fingerprint density at radius 3 is 2.48 bits per heavy atom. The summed E-state index contributed by atoms with van der Waals surface area (Å²) in [5, 5.41) is 5.99. The lowest BCUT2D eigenvalue weighted by atomic mass is 10.1. The molecule has 138 valence electrons. The highest BCUT2D eigenvalue weighted by Crippen LogP contribution is 2.19. The van der Waals surface area contributed by atoms with Crippen LogP contribution in [-0.2, 0) is 6.42 Å². The van der Waals surface area contributed by atoms with E-state index in [1.54, 1.807) is 12.1 Å². The Morgan fingerprint density at radius 1 is 1.04 bits per heavy atom. The van der Waals surface area contributed by atoms with E-state index in [0.717, 1.165) is 16.8 Å². The van der Waals surface area contributed by atoms with Gasteiger partial charge in [-0.15, -0.1) is 0 Å². The molecule has 0 fully saturated rings. The third kappa shape index (κ3) is 5.10. The van der Waals surface area contributed by atoms with E-state index in [1.165, 1.54) is 30.1 Å². The zero-order valence-electron chi connectivity index (χ0n) is 15.3. The van der Waals surface area contributed by atoms with Gasteiger partial charge in [0.1, 0.15) is 17.3 Å². The number of anilines is 2. The molecular formula is C21H21FN4O. The molecule has 27 heavy (non-hydrogen) atoms. The van der Waals surface area contributed by atoms with Crippen LogP contribution in [0.25, 0.3) is 0 Å². The van der Waals surface area contributed by atoms with Gasteiger partial charge < -0.3 is 10.6 Å². The summed E-state index contributed by atoms with van der Waals surface area (Å²) in [5.74, 6) is 0.0140. The van der Waals surface area contributed by atoms with Crippen LogP contribution in [0.3, 0.4) is 0 Å². The van der Waals surface area contributed by atoms with Crippen LogP contribution in [0.1, 0.15) is 27.2 Å². The van der Waals surface area contributed by atoms with Crippen molar-refractivity contribution < 1.29 is 9.18 Å². The second-order valence-corrected chi connectivity index (χ2v) is 6.36. The van der Waals surface area contributed by atoms with E-state index in [-0.39, 0.29) is 17.4 Å². The predicted molar refractivity (Wildman–Crippen MR) is 104 cm³/mol. The van der Waals surface area contributed by atoms with Gasteiger partial charge in [0.2, 0.25) is 0 Å². The molecule has 6 heteroatoms. The van der Waals surface area contributed by atoms with Crippen LogP contribution in [0.4, 0.5) is 15.9 Å². The van der Waals surface area contributed by atoms with Crippen LogP contribution < -0.4 is 10.6 Å². The number of aromatic nitrogens is 2. The number of hydrogen-bond acceptors (Lipinski definition) is 4. The average molecular weight is 364 g/mol. The fourth-order valence-electron chi connectivity index (χ4n) is 2.66. The first kappa shape index (κ1) is 18.5. The van der Waals surface area contributed by atoms with E-state index < -0.39 is 0 Å². The van der Waals surface area contributed by atoms with Gasteiger partial charge in [-0.1, -0.05) is 29.8 Å². The third-order valence-corrected chi connectivity index (χ3v) is 4.14. The van der Waals surface area contributed by atoms with E-state index in [0.29, 0.717) is 18.8 Å². The van der Waals surface area contributed by atoms with Crippen LogP contribution in [0.15, 0.2) is 54.9 Å². The minimum Gasteiger partial charge on any atom is -0.350 e. The lowest BCUT2D eigenvalue weighted by Crippen LogP contribution is -2.26. The maximum Gasteiger partial charge on any atom is 0.271 e. The van der Waals surface area contributed by atoms with E-state index in [1.807, 2.05) is 26.0 Å². The van der Waals surface area contributed by atoms with Crippen LogP contribution >= 0.6 is 0 Å². The molecule has 0 spiro atoms. The first-order valence-corrected chi connectivity index (χ1v) is 8.70. The maximum absolute atomic E-state index is 12.9. The Morgan fingerprint density at radius 2 is 1.81 bits per heavy atom. The Kier molecular flexibility index (Phi) is 5.76. The number of carbonyl (C=O) groups is 1. The second kappa shape index (κ2) is 8.40. The highest BCUT2D eigenvalue weighted by molar-refractivity contribution is 5.92. The first-order chi connectivity index (χ1) is 13.0. The molecule has 2 N–H and O–H groups in total. The van der Waals surface area contributed by atoms with Crippen molar-refractivity contribution in [2.75, 3.05) is 11.9 Å². The Hall–Kier alpha value is -3.28. The minimum atomic E-state index is -0.289. The molecule has 0 aliphatic carbocycles. The number of halogens is 1. The summed E-state index contributed by atoms with van der Waals surface area (Å²) in [6.45, 7) is 4.50. The van der Waals surface area contributed by atoms with Crippen molar-refractivity contribution >= 4 is 17.4 Å². The van der Waals surface area contributed by atoms with Crippen LogP contribution in [-0.4, -0.2) is 22.4 Å². The van der Waals surface area contributed by atoms with Crippen molar-refractivity contribution in [3.05, 3.63) is 83.1 Å². The average Bonchev–Trinajstić information content (AvgIpc) is 2.66. The van der Waals surface area contributed by atoms with Crippen LogP contribution in [0.5, 0.6) is 0 Å². The molecule has 1 amide bonds. The summed E-state index contributed by atoms with van der Waals surface area (Å²) in [6.07, 6.45) is 3.60. The Labute approximate surface area is 157 Å². The summed E-state index contributed by atoms with van der Waals surface area (Å²) in [7, 11) is 0. The summed E-state index contributed by atoms with van der Waals surface area (Å²) in [4.78, 5) is 20.6. The van der Waals surface area contributed by atoms with Gasteiger partial charge in [0.05, 0.1) is 12.4 Å². The topological polar surface area (TPSA) is 66.9 Å². The van der Waals surface area contributed by atoms with Crippen molar-refractivity contribution in [3.63, 3.8) is 0 Å². The molecule has 0 saturated heterocycles. The zero-order chi connectivity index (χ0) is 19.2. The predicted octanol–water partition coefficient (Wildman–Crippen LogP) is 3.95. The number of hydrogen-bond donors (Lipinski definition) is 2. The number of aryl methyl sites for hydroxylation is 2. The maximum atomic E-state index is 12.9. The van der Waals surface area contributed by atoms with Crippen LogP contribution in [0.2, 0.25) is 0 Å². The summed E-state index contributed by atoms with van der Waals surface area (Å²) in [6, 6.07) is 12.3. The smallest absolute Gasteiger partial charge is 0.271 e. The number of benzene rings is 2. The monoisotopic (exact) mass is 364 g/mol. The van der Waals surface area contributed by atoms with Crippen molar-refractivity contribution in [3.8, 4) is 0 Å². The third-order valence-electron chi connectivity index (χ3n) is 4.14. The minimum absolute atomic E-state index is 0.250. The van der Waals surface area contributed by atoms with Gasteiger partial charge in [-0.05, 0) is 49.6 Å². The van der Waals surface area contributed by atoms with E-state index in [4.69, 9.17) is 0 Å². The fourth-order valence-corrected chi connectivity index (χ4v) is 2.66. The number of nitrogens with one attached hydrogen (secondary N) is 2. The van der Waals surface area contributed by atoms with Crippen molar-refractivity contribution in [1.29, 1.82) is 0 Å². The molecule has 0 saturated carbocycles. The van der Waals surface area contributed by atoms with Gasteiger partial charge in [-0.3, -0.25) is 4.79 Å². The van der Waals surface area contributed by atoms with Gasteiger partial charge in [-0.2, -0.15) is 0 Å². The molecular weight excluding hydrogens is 343 g/mol.